The van der Waals surface area contributed by atoms with Crippen LogP contribution in [0.1, 0.15) is 5.56 Å². The number of imidazole rings is 1. The van der Waals surface area contributed by atoms with Crippen LogP contribution in [0.3, 0.4) is 0 Å². The van der Waals surface area contributed by atoms with Crippen LogP contribution in [0.25, 0.3) is 21.7 Å². The van der Waals surface area contributed by atoms with Gasteiger partial charge in [0.2, 0.25) is 5.28 Å². The largest absolute Gasteiger partial charge is 0.497 e. The molecule has 0 aliphatic heterocycles. The molecule has 0 bridgehead atoms. The maximum absolute atomic E-state index is 6.14. The van der Waals surface area contributed by atoms with Crippen molar-refractivity contribution >= 4 is 34.1 Å². The van der Waals surface area contributed by atoms with E-state index in [4.69, 9.17) is 16.3 Å². The van der Waals surface area contributed by atoms with E-state index < -0.39 is 0 Å². The Labute approximate surface area is 147 Å². The highest BCUT2D eigenvalue weighted by molar-refractivity contribution is 7.13. The first kappa shape index (κ1) is 15.1. The molecule has 1 aromatic carbocycles. The van der Waals surface area contributed by atoms with E-state index in [1.54, 1.807) is 24.8 Å². The third-order valence-corrected chi connectivity index (χ3v) is 4.75. The highest BCUT2D eigenvalue weighted by atomic mass is 35.5. The fraction of sp³-hybridized carbons (Fsp3) is 0.118. The quantitative estimate of drug-likeness (QED) is 0.512. The predicted molar refractivity (Wildman–Crippen MR) is 95.7 cm³/mol. The molecule has 3 aromatic heterocycles. The molecule has 0 amide bonds. The minimum absolute atomic E-state index is 0.224. The van der Waals surface area contributed by atoms with Gasteiger partial charge in [-0.2, -0.15) is 4.98 Å². The van der Waals surface area contributed by atoms with Crippen LogP contribution < -0.4 is 4.74 Å². The Bertz CT molecular complexity index is 980. The smallest absolute Gasteiger partial charge is 0.225 e. The topological polar surface area (TPSA) is 52.8 Å². The number of ether oxygens (including phenoxy) is 1. The maximum Gasteiger partial charge on any atom is 0.225 e. The van der Waals surface area contributed by atoms with Gasteiger partial charge in [-0.15, -0.1) is 11.3 Å². The number of hydrogen-bond donors (Lipinski definition) is 0. The average Bonchev–Trinajstić information content (AvgIpc) is 3.26. The van der Waals surface area contributed by atoms with Gasteiger partial charge in [0.1, 0.15) is 17.0 Å². The SMILES string of the molecule is COc1ccc(Cn2cnc3c(-c4cccs4)nc(Cl)nc32)cc1. The van der Waals surface area contributed by atoms with Crippen LogP contribution in [0, 0.1) is 0 Å². The van der Waals surface area contributed by atoms with Gasteiger partial charge >= 0.3 is 0 Å². The Balaban J connectivity index is 1.77. The van der Waals surface area contributed by atoms with Crippen molar-refractivity contribution in [1.82, 2.24) is 19.5 Å². The highest BCUT2D eigenvalue weighted by Gasteiger charge is 2.15. The predicted octanol–water partition coefficient (Wildman–Crippen LogP) is 4.27. The van der Waals surface area contributed by atoms with Gasteiger partial charge in [-0.1, -0.05) is 18.2 Å². The first-order valence-corrected chi connectivity index (χ1v) is 8.55. The second-order valence-electron chi connectivity index (χ2n) is 5.21. The fourth-order valence-corrected chi connectivity index (χ4v) is 3.43. The van der Waals surface area contributed by atoms with Crippen LogP contribution in [0.15, 0.2) is 48.1 Å². The van der Waals surface area contributed by atoms with Crippen LogP contribution in [0.5, 0.6) is 5.75 Å². The van der Waals surface area contributed by atoms with Crippen molar-refractivity contribution in [2.45, 2.75) is 6.54 Å². The zero-order chi connectivity index (χ0) is 16.5. The molecule has 120 valence electrons. The summed E-state index contributed by atoms with van der Waals surface area (Å²) in [6.45, 7) is 0.651. The van der Waals surface area contributed by atoms with E-state index >= 15 is 0 Å². The summed E-state index contributed by atoms with van der Waals surface area (Å²) < 4.78 is 7.17. The second-order valence-corrected chi connectivity index (χ2v) is 6.50. The number of fused-ring (bicyclic) bond motifs is 1. The summed E-state index contributed by atoms with van der Waals surface area (Å²) in [6.07, 6.45) is 1.77. The Morgan fingerprint density at radius 3 is 2.71 bits per heavy atom. The summed E-state index contributed by atoms with van der Waals surface area (Å²) in [6, 6.07) is 11.9. The molecule has 0 fully saturated rings. The lowest BCUT2D eigenvalue weighted by Gasteiger charge is -2.06. The van der Waals surface area contributed by atoms with Crippen molar-refractivity contribution in [2.24, 2.45) is 0 Å². The van der Waals surface area contributed by atoms with E-state index in [1.807, 2.05) is 46.3 Å². The van der Waals surface area contributed by atoms with Crippen LogP contribution in [0.4, 0.5) is 0 Å². The molecule has 0 saturated carbocycles. The summed E-state index contributed by atoms with van der Waals surface area (Å²) >= 11 is 7.74. The van der Waals surface area contributed by atoms with E-state index in [0.717, 1.165) is 33.0 Å². The molecule has 24 heavy (non-hydrogen) atoms. The second kappa shape index (κ2) is 6.22. The standard InChI is InChI=1S/C17H13ClN4OS/c1-23-12-6-4-11(5-7-12)9-22-10-19-15-14(13-3-2-8-24-13)20-17(18)21-16(15)22/h2-8,10H,9H2,1H3. The summed E-state index contributed by atoms with van der Waals surface area (Å²) in [5.74, 6) is 0.833. The first-order chi connectivity index (χ1) is 11.7. The van der Waals surface area contributed by atoms with Crippen LogP contribution in [-0.2, 0) is 6.54 Å². The Morgan fingerprint density at radius 2 is 2.00 bits per heavy atom. The first-order valence-electron chi connectivity index (χ1n) is 7.30. The lowest BCUT2D eigenvalue weighted by atomic mass is 10.2. The molecule has 0 spiro atoms. The summed E-state index contributed by atoms with van der Waals surface area (Å²) in [4.78, 5) is 14.3. The number of thiophene rings is 1. The zero-order valence-corrected chi connectivity index (χ0v) is 14.4. The molecule has 3 heterocycles. The third-order valence-electron chi connectivity index (χ3n) is 3.70. The maximum atomic E-state index is 6.14. The Morgan fingerprint density at radius 1 is 1.17 bits per heavy atom. The van der Waals surface area contributed by atoms with Gasteiger partial charge in [0, 0.05) is 0 Å². The van der Waals surface area contributed by atoms with Gasteiger partial charge < -0.3 is 9.30 Å². The molecule has 5 nitrogen and oxygen atoms in total. The minimum atomic E-state index is 0.224. The Hall–Kier alpha value is -2.44. The van der Waals surface area contributed by atoms with Gasteiger partial charge in [0.05, 0.1) is 24.9 Å². The minimum Gasteiger partial charge on any atom is -0.497 e. The lowest BCUT2D eigenvalue weighted by Crippen LogP contribution is -2.00. The van der Waals surface area contributed by atoms with Crippen molar-refractivity contribution in [3.8, 4) is 16.3 Å². The number of nitrogens with zero attached hydrogens (tertiary/aromatic N) is 4. The van der Waals surface area contributed by atoms with Crippen LogP contribution in [-0.4, -0.2) is 26.6 Å². The molecule has 0 aliphatic rings. The van der Waals surface area contributed by atoms with E-state index in [1.165, 1.54) is 0 Å². The normalized spacial score (nSPS) is 11.1. The molecule has 0 radical (unpaired) electrons. The fourth-order valence-electron chi connectivity index (χ4n) is 2.55. The van der Waals surface area contributed by atoms with Gasteiger partial charge in [-0.3, -0.25) is 0 Å². The molecule has 0 N–H and O–H groups in total. The number of aromatic nitrogens is 4. The van der Waals surface area contributed by atoms with Crippen molar-refractivity contribution < 1.29 is 4.74 Å². The Kier molecular flexibility index (Phi) is 3.92. The molecular formula is C17H13ClN4OS. The van der Waals surface area contributed by atoms with Crippen LogP contribution >= 0.6 is 22.9 Å². The molecule has 0 atom stereocenters. The van der Waals surface area contributed by atoms with E-state index in [-0.39, 0.29) is 5.28 Å². The monoisotopic (exact) mass is 356 g/mol. The molecular weight excluding hydrogens is 344 g/mol. The molecule has 0 saturated heterocycles. The number of rotatable bonds is 4. The third kappa shape index (κ3) is 2.74. The van der Waals surface area contributed by atoms with Gasteiger partial charge in [0.15, 0.2) is 5.65 Å². The molecule has 7 heteroatoms. The van der Waals surface area contributed by atoms with E-state index in [9.17, 15) is 0 Å². The molecule has 4 rings (SSSR count). The van der Waals surface area contributed by atoms with Crippen molar-refractivity contribution in [3.05, 3.63) is 59.0 Å². The van der Waals surface area contributed by atoms with Gasteiger partial charge in [-0.05, 0) is 40.7 Å². The zero-order valence-electron chi connectivity index (χ0n) is 12.8. The van der Waals surface area contributed by atoms with Crippen molar-refractivity contribution in [3.63, 3.8) is 0 Å². The van der Waals surface area contributed by atoms with Crippen molar-refractivity contribution in [1.29, 1.82) is 0 Å². The van der Waals surface area contributed by atoms with Crippen molar-refractivity contribution in [2.75, 3.05) is 7.11 Å². The number of halogens is 1. The van der Waals surface area contributed by atoms with Gasteiger partial charge in [0.25, 0.3) is 0 Å². The average molecular weight is 357 g/mol. The number of benzene rings is 1. The number of methoxy groups -OCH3 is 1. The molecule has 4 aromatic rings. The molecule has 0 unspecified atom stereocenters. The summed E-state index contributed by atoms with van der Waals surface area (Å²) in [5.41, 5.74) is 3.39. The van der Waals surface area contributed by atoms with Crippen LogP contribution in [0.2, 0.25) is 5.28 Å². The summed E-state index contributed by atoms with van der Waals surface area (Å²) in [7, 11) is 1.66. The van der Waals surface area contributed by atoms with Gasteiger partial charge in [-0.25, -0.2) is 9.97 Å². The van der Waals surface area contributed by atoms with E-state index in [0.29, 0.717) is 6.54 Å². The van der Waals surface area contributed by atoms with E-state index in [2.05, 4.69) is 15.0 Å². The lowest BCUT2D eigenvalue weighted by molar-refractivity contribution is 0.414. The number of hydrogen-bond acceptors (Lipinski definition) is 5. The summed E-state index contributed by atoms with van der Waals surface area (Å²) in [5, 5.41) is 2.23. The molecule has 0 aliphatic carbocycles. The highest BCUT2D eigenvalue weighted by Crippen LogP contribution is 2.29.